The van der Waals surface area contributed by atoms with E-state index in [9.17, 15) is 9.59 Å². The number of carbonyl (C=O) groups is 2. The molecule has 1 saturated heterocycles. The molecule has 0 saturated carbocycles. The SMILES string of the molecule is O=C(CC1C(=O)OCCN1Cc1ccccc1)Nc1ccc2c(c1)OCO2. The van der Waals surface area contributed by atoms with Gasteiger partial charge in [0.1, 0.15) is 12.6 Å². The number of ether oxygens (including phenoxy) is 3. The highest BCUT2D eigenvalue weighted by Crippen LogP contribution is 2.34. The Balaban J connectivity index is 1.42. The van der Waals surface area contributed by atoms with Gasteiger partial charge in [-0.3, -0.25) is 14.5 Å². The Morgan fingerprint density at radius 1 is 1.07 bits per heavy atom. The van der Waals surface area contributed by atoms with Crippen LogP contribution in [-0.4, -0.2) is 42.8 Å². The molecule has 0 radical (unpaired) electrons. The van der Waals surface area contributed by atoms with Crippen molar-refractivity contribution in [1.82, 2.24) is 4.90 Å². The highest BCUT2D eigenvalue weighted by molar-refractivity contribution is 5.94. The highest BCUT2D eigenvalue weighted by atomic mass is 16.7. The van der Waals surface area contributed by atoms with E-state index in [1.54, 1.807) is 18.2 Å². The van der Waals surface area contributed by atoms with Gasteiger partial charge in [0.25, 0.3) is 0 Å². The first-order valence-corrected chi connectivity index (χ1v) is 8.83. The average Bonchev–Trinajstić information content (AvgIpc) is 3.13. The third-order valence-corrected chi connectivity index (χ3v) is 4.60. The summed E-state index contributed by atoms with van der Waals surface area (Å²) >= 11 is 0. The van der Waals surface area contributed by atoms with Crippen molar-refractivity contribution in [2.24, 2.45) is 0 Å². The molecule has 0 spiro atoms. The van der Waals surface area contributed by atoms with Gasteiger partial charge in [0.05, 0.1) is 6.42 Å². The summed E-state index contributed by atoms with van der Waals surface area (Å²) < 4.78 is 15.8. The third kappa shape index (κ3) is 4.03. The Bertz CT molecular complexity index is 840. The summed E-state index contributed by atoms with van der Waals surface area (Å²) in [4.78, 5) is 26.7. The zero-order valence-corrected chi connectivity index (χ0v) is 14.7. The summed E-state index contributed by atoms with van der Waals surface area (Å²) in [6, 6.07) is 14.5. The first-order chi connectivity index (χ1) is 13.2. The van der Waals surface area contributed by atoms with Gasteiger partial charge < -0.3 is 19.5 Å². The van der Waals surface area contributed by atoms with E-state index >= 15 is 0 Å². The molecule has 2 aliphatic heterocycles. The zero-order valence-electron chi connectivity index (χ0n) is 14.7. The molecule has 0 aromatic heterocycles. The summed E-state index contributed by atoms with van der Waals surface area (Å²) in [6.07, 6.45) is 0.0279. The molecule has 1 N–H and O–H groups in total. The van der Waals surface area contributed by atoms with Gasteiger partial charge in [-0.25, -0.2) is 0 Å². The maximum atomic E-state index is 12.5. The monoisotopic (exact) mass is 368 g/mol. The minimum Gasteiger partial charge on any atom is -0.463 e. The number of esters is 1. The fraction of sp³-hybridized carbons (Fsp3) is 0.300. The fourth-order valence-electron chi connectivity index (χ4n) is 3.25. The number of nitrogens with one attached hydrogen (secondary N) is 1. The van der Waals surface area contributed by atoms with Gasteiger partial charge in [0, 0.05) is 24.8 Å². The fourth-order valence-corrected chi connectivity index (χ4v) is 3.25. The van der Waals surface area contributed by atoms with E-state index in [1.807, 2.05) is 35.2 Å². The molecule has 2 aromatic rings. The number of nitrogens with zero attached hydrogens (tertiary/aromatic N) is 1. The molecule has 0 aliphatic carbocycles. The molecule has 1 atom stereocenters. The highest BCUT2D eigenvalue weighted by Gasteiger charge is 2.33. The van der Waals surface area contributed by atoms with Crippen LogP contribution in [0, 0.1) is 0 Å². The maximum absolute atomic E-state index is 12.5. The molecule has 1 fully saturated rings. The van der Waals surface area contributed by atoms with E-state index in [-0.39, 0.29) is 25.1 Å². The number of hydrogen-bond acceptors (Lipinski definition) is 6. The topological polar surface area (TPSA) is 77.1 Å². The van der Waals surface area contributed by atoms with Crippen LogP contribution in [0.1, 0.15) is 12.0 Å². The molecule has 27 heavy (non-hydrogen) atoms. The number of morpholine rings is 1. The summed E-state index contributed by atoms with van der Waals surface area (Å²) in [7, 11) is 0. The van der Waals surface area contributed by atoms with Crippen LogP contribution >= 0.6 is 0 Å². The molecular formula is C20H20N2O5. The van der Waals surface area contributed by atoms with Crippen molar-refractivity contribution >= 4 is 17.6 Å². The van der Waals surface area contributed by atoms with E-state index in [0.717, 1.165) is 5.56 Å². The number of anilines is 1. The van der Waals surface area contributed by atoms with Gasteiger partial charge in [0.15, 0.2) is 11.5 Å². The molecule has 2 aromatic carbocycles. The molecule has 4 rings (SSSR count). The molecule has 2 aliphatic rings. The molecule has 7 nitrogen and oxygen atoms in total. The maximum Gasteiger partial charge on any atom is 0.323 e. The lowest BCUT2D eigenvalue weighted by Gasteiger charge is -2.33. The minimum absolute atomic E-state index is 0.0279. The van der Waals surface area contributed by atoms with Crippen LogP contribution < -0.4 is 14.8 Å². The minimum atomic E-state index is -0.604. The smallest absolute Gasteiger partial charge is 0.323 e. The van der Waals surface area contributed by atoms with Gasteiger partial charge in [-0.15, -0.1) is 0 Å². The normalized spacial score (nSPS) is 18.8. The number of rotatable bonds is 5. The molecule has 1 amide bonds. The van der Waals surface area contributed by atoms with Crippen LogP contribution in [0.2, 0.25) is 0 Å². The Morgan fingerprint density at radius 2 is 1.89 bits per heavy atom. The average molecular weight is 368 g/mol. The van der Waals surface area contributed by atoms with Crippen molar-refractivity contribution in [3.05, 3.63) is 54.1 Å². The van der Waals surface area contributed by atoms with E-state index in [4.69, 9.17) is 14.2 Å². The first kappa shape index (κ1) is 17.4. The number of amides is 1. The van der Waals surface area contributed by atoms with Crippen molar-refractivity contribution in [2.45, 2.75) is 19.0 Å². The Labute approximate surface area is 156 Å². The van der Waals surface area contributed by atoms with Gasteiger partial charge in [-0.2, -0.15) is 0 Å². The second kappa shape index (κ2) is 7.67. The van der Waals surface area contributed by atoms with Crippen molar-refractivity contribution in [1.29, 1.82) is 0 Å². The van der Waals surface area contributed by atoms with Crippen molar-refractivity contribution in [2.75, 3.05) is 25.3 Å². The number of benzene rings is 2. The quantitative estimate of drug-likeness (QED) is 0.815. The Hall–Kier alpha value is -3.06. The van der Waals surface area contributed by atoms with Crippen LogP contribution in [0.3, 0.4) is 0 Å². The van der Waals surface area contributed by atoms with E-state index in [0.29, 0.717) is 36.9 Å². The summed E-state index contributed by atoms with van der Waals surface area (Å²) in [5, 5.41) is 2.81. The van der Waals surface area contributed by atoms with Crippen molar-refractivity contribution < 1.29 is 23.8 Å². The largest absolute Gasteiger partial charge is 0.463 e. The molecule has 7 heteroatoms. The van der Waals surface area contributed by atoms with Crippen molar-refractivity contribution in [3.8, 4) is 11.5 Å². The summed E-state index contributed by atoms with van der Waals surface area (Å²) in [6.45, 7) is 1.71. The van der Waals surface area contributed by atoms with E-state index < -0.39 is 6.04 Å². The second-order valence-corrected chi connectivity index (χ2v) is 6.46. The molecule has 2 heterocycles. The zero-order chi connectivity index (χ0) is 18.6. The molecule has 140 valence electrons. The van der Waals surface area contributed by atoms with Crippen LogP contribution in [0.5, 0.6) is 11.5 Å². The number of carbonyl (C=O) groups excluding carboxylic acids is 2. The summed E-state index contributed by atoms with van der Waals surface area (Å²) in [5.41, 5.74) is 1.69. The van der Waals surface area contributed by atoms with Gasteiger partial charge in [0.2, 0.25) is 12.7 Å². The number of cyclic esters (lactones) is 1. The summed E-state index contributed by atoms with van der Waals surface area (Å²) in [5.74, 6) is 0.627. The van der Waals surface area contributed by atoms with Gasteiger partial charge >= 0.3 is 5.97 Å². The molecule has 1 unspecified atom stereocenters. The Morgan fingerprint density at radius 3 is 2.74 bits per heavy atom. The lowest BCUT2D eigenvalue weighted by molar-refractivity contribution is -0.159. The predicted octanol–water partition coefficient (Wildman–Crippen LogP) is 2.17. The standard InChI is InChI=1S/C20H20N2O5/c23-19(21-15-6-7-17-18(10-15)27-13-26-17)11-16-20(24)25-9-8-22(16)12-14-4-2-1-3-5-14/h1-7,10,16H,8-9,11-13H2,(H,21,23). The van der Waals surface area contributed by atoms with Crippen molar-refractivity contribution in [3.63, 3.8) is 0 Å². The van der Waals surface area contributed by atoms with Crippen LogP contribution in [0.25, 0.3) is 0 Å². The second-order valence-electron chi connectivity index (χ2n) is 6.46. The van der Waals surface area contributed by atoms with Gasteiger partial charge in [-0.05, 0) is 17.7 Å². The lowest BCUT2D eigenvalue weighted by atomic mass is 10.1. The Kier molecular flexibility index (Phi) is 4.93. The number of hydrogen-bond donors (Lipinski definition) is 1. The molecule has 0 bridgehead atoms. The van der Waals surface area contributed by atoms with Crippen LogP contribution in [0.4, 0.5) is 5.69 Å². The van der Waals surface area contributed by atoms with Crippen LogP contribution in [0.15, 0.2) is 48.5 Å². The first-order valence-electron chi connectivity index (χ1n) is 8.83. The van der Waals surface area contributed by atoms with Gasteiger partial charge in [-0.1, -0.05) is 30.3 Å². The number of fused-ring (bicyclic) bond motifs is 1. The lowest BCUT2D eigenvalue weighted by Crippen LogP contribution is -2.49. The third-order valence-electron chi connectivity index (χ3n) is 4.60. The predicted molar refractivity (Wildman–Crippen MR) is 97.4 cm³/mol. The van der Waals surface area contributed by atoms with E-state index in [1.165, 1.54) is 0 Å². The van der Waals surface area contributed by atoms with Crippen LogP contribution in [-0.2, 0) is 20.9 Å². The molecular weight excluding hydrogens is 348 g/mol. The van der Waals surface area contributed by atoms with E-state index in [2.05, 4.69) is 5.32 Å².